The normalized spacial score (nSPS) is 22.8. The smallest absolute Gasteiger partial charge is 0.223 e. The molecule has 0 N–H and O–H groups in total. The van der Waals surface area contributed by atoms with Crippen molar-refractivity contribution in [1.82, 2.24) is 14.7 Å². The number of rotatable bonds is 4. The van der Waals surface area contributed by atoms with Crippen LogP contribution in [0.15, 0.2) is 54.6 Å². The average molecular weight is 531 g/mol. The first-order valence-electron chi connectivity index (χ1n) is 14.6. The van der Waals surface area contributed by atoms with E-state index in [4.69, 9.17) is 0 Å². The van der Waals surface area contributed by atoms with E-state index in [1.807, 2.05) is 34.1 Å². The van der Waals surface area contributed by atoms with Crippen molar-refractivity contribution in [3.63, 3.8) is 0 Å². The molecule has 0 saturated carbocycles. The summed E-state index contributed by atoms with van der Waals surface area (Å²) in [6, 6.07) is 19.3. The summed E-state index contributed by atoms with van der Waals surface area (Å²) in [5.41, 5.74) is 3.23. The Morgan fingerprint density at radius 2 is 1.44 bits per heavy atom. The number of hydrogen-bond acceptors (Lipinski definition) is 4. The Hall–Kier alpha value is -3.19. The molecule has 0 spiro atoms. The Morgan fingerprint density at radius 1 is 0.744 bits per heavy atom. The van der Waals surface area contributed by atoms with Crippen LogP contribution in [-0.2, 0) is 27.5 Å². The molecule has 2 saturated heterocycles. The number of piperidine rings is 1. The summed E-state index contributed by atoms with van der Waals surface area (Å²) in [4.78, 5) is 47.0. The van der Waals surface area contributed by atoms with Crippen LogP contribution in [0.1, 0.15) is 63.5 Å². The molecule has 39 heavy (non-hydrogen) atoms. The first-order chi connectivity index (χ1) is 18.9. The van der Waals surface area contributed by atoms with Gasteiger partial charge in [0.2, 0.25) is 17.7 Å². The van der Waals surface area contributed by atoms with Gasteiger partial charge in [-0.05, 0) is 55.2 Å². The molecule has 0 aromatic heterocycles. The van der Waals surface area contributed by atoms with Crippen molar-refractivity contribution >= 4 is 23.4 Å². The van der Waals surface area contributed by atoms with Gasteiger partial charge >= 0.3 is 0 Å². The van der Waals surface area contributed by atoms with Crippen LogP contribution >= 0.6 is 0 Å². The van der Waals surface area contributed by atoms with Crippen LogP contribution < -0.4 is 4.90 Å². The number of nitrogens with zero attached hydrogens (tertiary/aromatic N) is 4. The Labute approximate surface area is 232 Å². The Balaban J connectivity index is 1.42. The maximum absolute atomic E-state index is 13.9. The molecule has 3 aliphatic rings. The van der Waals surface area contributed by atoms with E-state index >= 15 is 0 Å². The van der Waals surface area contributed by atoms with Crippen molar-refractivity contribution < 1.29 is 14.4 Å². The average Bonchev–Trinajstić information content (AvgIpc) is 3.29. The topological polar surface area (TPSA) is 64.2 Å². The van der Waals surface area contributed by atoms with E-state index in [2.05, 4.69) is 40.1 Å². The number of carbonyl (C=O) groups excluding carboxylic acids is 3. The molecule has 7 heteroatoms. The number of fused-ring (bicyclic) bond motifs is 3. The highest BCUT2D eigenvalue weighted by Gasteiger charge is 2.37. The van der Waals surface area contributed by atoms with Crippen molar-refractivity contribution in [1.29, 1.82) is 0 Å². The van der Waals surface area contributed by atoms with Crippen LogP contribution in [0.4, 0.5) is 5.69 Å². The molecular formula is C32H42N4O3. The van der Waals surface area contributed by atoms with Gasteiger partial charge in [0.25, 0.3) is 0 Å². The second kappa shape index (κ2) is 12.3. The summed E-state index contributed by atoms with van der Waals surface area (Å²) in [5, 5.41) is 0. The maximum Gasteiger partial charge on any atom is 0.223 e. The molecule has 3 aliphatic heterocycles. The van der Waals surface area contributed by atoms with E-state index in [1.165, 1.54) is 5.56 Å². The van der Waals surface area contributed by atoms with Crippen molar-refractivity contribution in [3.05, 3.63) is 65.7 Å². The van der Waals surface area contributed by atoms with E-state index in [-0.39, 0.29) is 23.8 Å². The molecule has 0 radical (unpaired) electrons. The van der Waals surface area contributed by atoms with Crippen LogP contribution in [0.25, 0.3) is 0 Å². The van der Waals surface area contributed by atoms with Crippen molar-refractivity contribution in [2.75, 3.05) is 31.1 Å². The molecule has 2 fully saturated rings. The third-order valence-corrected chi connectivity index (χ3v) is 9.00. The fourth-order valence-electron chi connectivity index (χ4n) is 6.75. The molecule has 2 bridgehead atoms. The predicted molar refractivity (Wildman–Crippen MR) is 153 cm³/mol. The zero-order valence-electron chi connectivity index (χ0n) is 23.4. The monoisotopic (exact) mass is 530 g/mol. The first kappa shape index (κ1) is 27.4. The SMILES string of the molecule is CC(=O)N1CCC(CC(=O)N2Cc3ccccc3N(C(C)=O)CC[C@@H]3CC[C@H](C2)N3Cc2ccccc2)CC1. The van der Waals surface area contributed by atoms with Gasteiger partial charge in [0, 0.05) is 77.3 Å². The lowest BCUT2D eigenvalue weighted by Crippen LogP contribution is -2.45. The number of hydrogen-bond donors (Lipinski definition) is 0. The van der Waals surface area contributed by atoms with Gasteiger partial charge < -0.3 is 14.7 Å². The van der Waals surface area contributed by atoms with E-state index in [9.17, 15) is 14.4 Å². The highest BCUT2D eigenvalue weighted by molar-refractivity contribution is 5.92. The largest absolute Gasteiger partial charge is 0.343 e. The molecule has 2 aromatic rings. The van der Waals surface area contributed by atoms with E-state index < -0.39 is 0 Å². The molecule has 3 amide bonds. The number of carbonyl (C=O) groups is 3. The highest BCUT2D eigenvalue weighted by Crippen LogP contribution is 2.33. The zero-order valence-corrected chi connectivity index (χ0v) is 23.4. The Kier molecular flexibility index (Phi) is 8.66. The van der Waals surface area contributed by atoms with Crippen LogP contribution in [0, 0.1) is 5.92 Å². The van der Waals surface area contributed by atoms with Crippen molar-refractivity contribution in [2.45, 2.75) is 77.5 Å². The van der Waals surface area contributed by atoms with Gasteiger partial charge in [-0.3, -0.25) is 19.3 Å². The van der Waals surface area contributed by atoms with Crippen molar-refractivity contribution in [3.8, 4) is 0 Å². The van der Waals surface area contributed by atoms with Gasteiger partial charge in [-0.2, -0.15) is 0 Å². The lowest BCUT2D eigenvalue weighted by atomic mass is 9.92. The quantitative estimate of drug-likeness (QED) is 0.586. The van der Waals surface area contributed by atoms with Gasteiger partial charge in [-0.15, -0.1) is 0 Å². The molecule has 5 rings (SSSR count). The summed E-state index contributed by atoms with van der Waals surface area (Å²) in [6.45, 7) is 7.47. The third-order valence-electron chi connectivity index (χ3n) is 9.00. The van der Waals surface area contributed by atoms with E-state index in [0.29, 0.717) is 38.0 Å². The maximum atomic E-state index is 13.9. The number of para-hydroxylation sites is 1. The second-order valence-corrected chi connectivity index (χ2v) is 11.6. The lowest BCUT2D eigenvalue weighted by molar-refractivity contribution is -0.134. The molecule has 7 nitrogen and oxygen atoms in total. The number of amides is 3. The highest BCUT2D eigenvalue weighted by atomic mass is 16.2. The summed E-state index contributed by atoms with van der Waals surface area (Å²) in [7, 11) is 0. The van der Waals surface area contributed by atoms with Crippen molar-refractivity contribution in [2.24, 2.45) is 5.92 Å². The van der Waals surface area contributed by atoms with Gasteiger partial charge in [0.05, 0.1) is 0 Å². The summed E-state index contributed by atoms with van der Waals surface area (Å²) < 4.78 is 0. The minimum atomic E-state index is 0.0426. The molecule has 3 heterocycles. The van der Waals surface area contributed by atoms with Crippen LogP contribution in [0.3, 0.4) is 0 Å². The van der Waals surface area contributed by atoms with Gasteiger partial charge in [-0.1, -0.05) is 48.5 Å². The van der Waals surface area contributed by atoms with Crippen LogP contribution in [0.5, 0.6) is 0 Å². The molecule has 0 aliphatic carbocycles. The fourth-order valence-corrected chi connectivity index (χ4v) is 6.75. The summed E-state index contributed by atoms with van der Waals surface area (Å²) in [6.07, 6.45) is 5.31. The number of anilines is 1. The molecule has 0 unspecified atom stereocenters. The number of likely N-dealkylation sites (tertiary alicyclic amines) is 1. The van der Waals surface area contributed by atoms with Gasteiger partial charge in [-0.25, -0.2) is 0 Å². The zero-order chi connectivity index (χ0) is 27.4. The van der Waals surface area contributed by atoms with E-state index in [0.717, 1.165) is 63.0 Å². The third kappa shape index (κ3) is 6.52. The molecular weight excluding hydrogens is 488 g/mol. The van der Waals surface area contributed by atoms with Crippen LogP contribution in [-0.4, -0.2) is 70.7 Å². The second-order valence-electron chi connectivity index (χ2n) is 11.6. The summed E-state index contributed by atoms with van der Waals surface area (Å²) >= 11 is 0. The first-order valence-corrected chi connectivity index (χ1v) is 14.6. The molecule has 2 aromatic carbocycles. The van der Waals surface area contributed by atoms with Crippen LogP contribution in [0.2, 0.25) is 0 Å². The van der Waals surface area contributed by atoms with E-state index in [1.54, 1.807) is 13.8 Å². The molecule has 2 atom stereocenters. The van der Waals surface area contributed by atoms with Gasteiger partial charge in [0.1, 0.15) is 0 Å². The standard InChI is InChI=1S/C32H42N4O3/c1-24(37)33-17-14-26(15-18-33)20-32(39)34-22-28-10-6-7-11-31(28)35(25(2)38)19-16-29-12-13-30(23-34)36(29)21-27-8-4-3-5-9-27/h3-11,26,29-30H,12-23H2,1-2H3/t29-,30+/m0/s1. The molecule has 208 valence electrons. The van der Waals surface area contributed by atoms with Gasteiger partial charge in [0.15, 0.2) is 0 Å². The Bertz CT molecular complexity index is 1160. The fraction of sp³-hybridized carbons (Fsp3) is 0.531. The minimum Gasteiger partial charge on any atom is -0.343 e. The minimum absolute atomic E-state index is 0.0426. The lowest BCUT2D eigenvalue weighted by Gasteiger charge is -2.35. The predicted octanol–water partition coefficient (Wildman–Crippen LogP) is 4.45. The number of benzene rings is 2. The summed E-state index contributed by atoms with van der Waals surface area (Å²) in [5.74, 6) is 0.642. The Morgan fingerprint density at radius 3 is 2.15 bits per heavy atom.